The first kappa shape index (κ1) is 28.0. The Hall–Kier alpha value is -2.04. The van der Waals surface area contributed by atoms with Crippen molar-refractivity contribution in [3.05, 3.63) is 59.2 Å². The first-order chi connectivity index (χ1) is 15.2. The molecule has 2 rings (SSSR count). The van der Waals surface area contributed by atoms with E-state index in [1.165, 1.54) is 0 Å². The van der Waals surface area contributed by atoms with Gasteiger partial charge in [-0.25, -0.2) is 4.99 Å². The number of aliphatic imine (C=N–C) groups is 1. The summed E-state index contributed by atoms with van der Waals surface area (Å²) < 4.78 is 21.6. The zero-order chi connectivity index (χ0) is 22.3. The first-order valence-electron chi connectivity index (χ1n) is 10.6. The number of methoxy groups -OCH3 is 2. The summed E-state index contributed by atoms with van der Waals surface area (Å²) in [6, 6.07) is 14.2. The number of halogens is 1. The summed E-state index contributed by atoms with van der Waals surface area (Å²) in [7, 11) is 3.33. The fraction of sp³-hybridized carbons (Fsp3) is 0.458. The van der Waals surface area contributed by atoms with Crippen LogP contribution in [-0.2, 0) is 22.6 Å². The Morgan fingerprint density at radius 2 is 1.56 bits per heavy atom. The van der Waals surface area contributed by atoms with E-state index < -0.39 is 0 Å². The minimum atomic E-state index is 0. The van der Waals surface area contributed by atoms with Gasteiger partial charge >= 0.3 is 0 Å². The van der Waals surface area contributed by atoms with E-state index in [9.17, 15) is 0 Å². The lowest BCUT2D eigenvalue weighted by Gasteiger charge is -2.15. The third-order valence-electron chi connectivity index (χ3n) is 4.46. The quantitative estimate of drug-likeness (QED) is 0.169. The Morgan fingerprint density at radius 3 is 2.22 bits per heavy atom. The van der Waals surface area contributed by atoms with E-state index in [1.807, 2.05) is 30.3 Å². The lowest BCUT2D eigenvalue weighted by molar-refractivity contribution is 0.145. The molecule has 2 aromatic rings. The summed E-state index contributed by atoms with van der Waals surface area (Å²) in [6.07, 6.45) is 0. The number of nitrogens with zero attached hydrogens (tertiary/aromatic N) is 1. The average molecular weight is 557 g/mol. The van der Waals surface area contributed by atoms with Gasteiger partial charge in [-0.15, -0.1) is 24.0 Å². The third-order valence-corrected chi connectivity index (χ3v) is 4.46. The van der Waals surface area contributed by atoms with Crippen molar-refractivity contribution in [2.45, 2.75) is 26.9 Å². The molecule has 0 aromatic heterocycles. The second-order valence-corrected chi connectivity index (χ2v) is 6.99. The highest BCUT2D eigenvalue weighted by Gasteiger charge is 2.06. The van der Waals surface area contributed by atoms with Crippen molar-refractivity contribution in [3.63, 3.8) is 0 Å². The molecule has 0 unspecified atom stereocenters. The van der Waals surface area contributed by atoms with E-state index in [0.717, 1.165) is 40.7 Å². The van der Waals surface area contributed by atoms with E-state index in [0.29, 0.717) is 39.5 Å². The van der Waals surface area contributed by atoms with Crippen LogP contribution in [0.1, 0.15) is 23.6 Å². The van der Waals surface area contributed by atoms with Crippen LogP contribution in [0.3, 0.4) is 0 Å². The van der Waals surface area contributed by atoms with Gasteiger partial charge in [0.25, 0.3) is 0 Å². The lowest BCUT2D eigenvalue weighted by atomic mass is 10.1. The van der Waals surface area contributed by atoms with Crippen LogP contribution >= 0.6 is 24.0 Å². The van der Waals surface area contributed by atoms with Crippen LogP contribution in [0.15, 0.2) is 47.5 Å². The van der Waals surface area contributed by atoms with E-state index in [1.54, 1.807) is 14.2 Å². The van der Waals surface area contributed by atoms with Crippen molar-refractivity contribution in [3.8, 4) is 11.5 Å². The van der Waals surface area contributed by atoms with Crippen molar-refractivity contribution in [2.24, 2.45) is 4.99 Å². The molecule has 178 valence electrons. The summed E-state index contributed by atoms with van der Waals surface area (Å²) in [5.74, 6) is 2.45. The topological polar surface area (TPSA) is 73.3 Å². The Kier molecular flexibility index (Phi) is 14.5. The van der Waals surface area contributed by atoms with Gasteiger partial charge in [-0.1, -0.05) is 24.3 Å². The molecule has 7 nitrogen and oxygen atoms in total. The van der Waals surface area contributed by atoms with E-state index in [4.69, 9.17) is 23.9 Å². The second-order valence-electron chi connectivity index (χ2n) is 6.99. The molecule has 0 heterocycles. The molecule has 0 saturated carbocycles. The van der Waals surface area contributed by atoms with Gasteiger partial charge in [-0.3, -0.25) is 0 Å². The summed E-state index contributed by atoms with van der Waals surface area (Å²) >= 11 is 0. The molecule has 0 radical (unpaired) electrons. The van der Waals surface area contributed by atoms with Crippen molar-refractivity contribution in [2.75, 3.05) is 47.2 Å². The minimum Gasteiger partial charge on any atom is -0.491 e. The number of benzene rings is 2. The molecule has 0 aliphatic rings. The first-order valence-corrected chi connectivity index (χ1v) is 10.6. The van der Waals surface area contributed by atoms with Gasteiger partial charge in [-0.05, 0) is 43.2 Å². The fourth-order valence-electron chi connectivity index (χ4n) is 2.80. The van der Waals surface area contributed by atoms with E-state index in [2.05, 4.69) is 36.6 Å². The second kappa shape index (κ2) is 16.6. The monoisotopic (exact) mass is 557 g/mol. The molecule has 32 heavy (non-hydrogen) atoms. The minimum absolute atomic E-state index is 0. The van der Waals surface area contributed by atoms with Crippen molar-refractivity contribution < 1.29 is 18.9 Å². The number of ether oxygens (including phenoxy) is 4. The largest absolute Gasteiger partial charge is 0.491 e. The SMILES string of the molecule is CCNC(=NCc1ccc(OCCOC)cc1)NCc1ccc(C)cc1OCCOC.I. The molecular formula is C24H36IN3O4. The van der Waals surface area contributed by atoms with Crippen LogP contribution in [0.25, 0.3) is 0 Å². The molecule has 0 saturated heterocycles. The third kappa shape index (κ3) is 10.5. The Morgan fingerprint density at radius 1 is 0.875 bits per heavy atom. The number of hydrogen-bond donors (Lipinski definition) is 2. The molecular weight excluding hydrogens is 521 g/mol. The predicted octanol–water partition coefficient (Wildman–Crippen LogP) is 3.92. The molecule has 0 spiro atoms. The van der Waals surface area contributed by atoms with Crippen LogP contribution in [-0.4, -0.2) is 53.2 Å². The zero-order valence-corrected chi connectivity index (χ0v) is 21.8. The standard InChI is InChI=1S/C24H35N3O4.HI/c1-5-25-24(26-17-20-7-10-22(11-8-20)30-14-12-28-3)27-18-21-9-6-19(2)16-23(21)31-15-13-29-4;/h6-11,16H,5,12-15,17-18H2,1-4H3,(H2,25,26,27);1H. The smallest absolute Gasteiger partial charge is 0.191 e. The number of hydrogen-bond acceptors (Lipinski definition) is 5. The molecule has 0 aliphatic heterocycles. The number of nitrogens with one attached hydrogen (secondary N) is 2. The molecule has 2 N–H and O–H groups in total. The van der Waals surface area contributed by atoms with Crippen molar-refractivity contribution >= 4 is 29.9 Å². The van der Waals surface area contributed by atoms with Crippen LogP contribution in [0.4, 0.5) is 0 Å². The molecule has 2 aromatic carbocycles. The Labute approximate surface area is 208 Å². The maximum absolute atomic E-state index is 5.88. The van der Waals surface area contributed by atoms with Gasteiger partial charge in [0.2, 0.25) is 0 Å². The highest BCUT2D eigenvalue weighted by atomic mass is 127. The van der Waals surface area contributed by atoms with Crippen molar-refractivity contribution in [1.82, 2.24) is 10.6 Å². The number of guanidine groups is 1. The molecule has 0 amide bonds. The van der Waals surface area contributed by atoms with Crippen LogP contribution in [0, 0.1) is 6.92 Å². The van der Waals surface area contributed by atoms with Gasteiger partial charge in [0, 0.05) is 32.9 Å². The van der Waals surface area contributed by atoms with E-state index in [-0.39, 0.29) is 24.0 Å². The molecule has 0 fully saturated rings. The van der Waals surface area contributed by atoms with Gasteiger partial charge in [0.1, 0.15) is 24.7 Å². The molecule has 0 atom stereocenters. The highest BCUT2D eigenvalue weighted by molar-refractivity contribution is 14.0. The zero-order valence-electron chi connectivity index (χ0n) is 19.5. The normalized spacial score (nSPS) is 10.9. The van der Waals surface area contributed by atoms with Gasteiger partial charge in [0.05, 0.1) is 19.8 Å². The maximum Gasteiger partial charge on any atom is 0.191 e. The number of aryl methyl sites for hydroxylation is 1. The summed E-state index contributed by atoms with van der Waals surface area (Å²) in [5.41, 5.74) is 3.34. The summed E-state index contributed by atoms with van der Waals surface area (Å²) in [5, 5.41) is 6.68. The van der Waals surface area contributed by atoms with Gasteiger partial charge in [0.15, 0.2) is 5.96 Å². The maximum atomic E-state index is 5.88. The lowest BCUT2D eigenvalue weighted by Crippen LogP contribution is -2.36. The van der Waals surface area contributed by atoms with Gasteiger partial charge in [-0.2, -0.15) is 0 Å². The van der Waals surface area contributed by atoms with Crippen molar-refractivity contribution in [1.29, 1.82) is 0 Å². The molecule has 0 bridgehead atoms. The van der Waals surface area contributed by atoms with Crippen LogP contribution in [0.5, 0.6) is 11.5 Å². The van der Waals surface area contributed by atoms with Gasteiger partial charge < -0.3 is 29.6 Å². The molecule has 0 aliphatic carbocycles. The predicted molar refractivity (Wildman–Crippen MR) is 139 cm³/mol. The Balaban J connectivity index is 0.00000512. The summed E-state index contributed by atoms with van der Waals surface area (Å²) in [4.78, 5) is 4.70. The number of rotatable bonds is 13. The van der Waals surface area contributed by atoms with E-state index >= 15 is 0 Å². The molecule has 8 heteroatoms. The Bertz CT molecular complexity index is 800. The highest BCUT2D eigenvalue weighted by Crippen LogP contribution is 2.20. The fourth-order valence-corrected chi connectivity index (χ4v) is 2.80. The average Bonchev–Trinajstić information content (AvgIpc) is 2.78. The summed E-state index contributed by atoms with van der Waals surface area (Å²) in [6.45, 7) is 8.26. The van der Waals surface area contributed by atoms with Crippen LogP contribution < -0.4 is 20.1 Å². The van der Waals surface area contributed by atoms with Crippen LogP contribution in [0.2, 0.25) is 0 Å².